The molecule has 0 radical (unpaired) electrons. The number of nitrogens with one attached hydrogen (secondary N) is 1. The summed E-state index contributed by atoms with van der Waals surface area (Å²) in [6, 6.07) is 13.8. The highest BCUT2D eigenvalue weighted by Gasteiger charge is 2.40. The molecule has 0 heterocycles. The van der Waals surface area contributed by atoms with Crippen LogP contribution >= 0.6 is 0 Å². The molecule has 6 heteroatoms. The molecule has 2 bridgehead atoms. The molecule has 148 valence electrons. The lowest BCUT2D eigenvalue weighted by Gasteiger charge is -2.24. The number of hydrogen-bond donors (Lipinski definition) is 1. The predicted molar refractivity (Wildman–Crippen MR) is 110 cm³/mol. The van der Waals surface area contributed by atoms with Gasteiger partial charge in [0.2, 0.25) is 0 Å². The minimum Gasteiger partial charge on any atom is -0.349 e. The second-order valence-electron chi connectivity index (χ2n) is 8.04. The Bertz CT molecular complexity index is 988. The molecule has 0 unspecified atom stereocenters. The summed E-state index contributed by atoms with van der Waals surface area (Å²) in [4.78, 5) is 12.9. The highest BCUT2D eigenvalue weighted by atomic mass is 32.2. The molecule has 2 aromatic carbocycles. The van der Waals surface area contributed by atoms with Gasteiger partial charge in [0, 0.05) is 18.7 Å². The summed E-state index contributed by atoms with van der Waals surface area (Å²) < 4.78 is 27.0. The molecular weight excluding hydrogens is 372 g/mol. The van der Waals surface area contributed by atoms with E-state index in [4.69, 9.17) is 0 Å². The number of anilines is 1. The van der Waals surface area contributed by atoms with E-state index in [0.717, 1.165) is 17.9 Å². The first-order chi connectivity index (χ1) is 13.4. The maximum absolute atomic E-state index is 12.9. The van der Waals surface area contributed by atoms with Crippen molar-refractivity contribution in [1.82, 2.24) is 5.32 Å². The highest BCUT2D eigenvalue weighted by molar-refractivity contribution is 7.92. The Morgan fingerprint density at radius 2 is 1.82 bits per heavy atom. The minimum absolute atomic E-state index is 0.0687. The number of fused-ring (bicyclic) bond motifs is 2. The van der Waals surface area contributed by atoms with Crippen molar-refractivity contribution in [3.63, 3.8) is 0 Å². The van der Waals surface area contributed by atoms with Crippen LogP contribution in [-0.2, 0) is 10.0 Å². The van der Waals surface area contributed by atoms with Crippen LogP contribution in [0.15, 0.2) is 53.4 Å². The largest absolute Gasteiger partial charge is 0.349 e. The van der Waals surface area contributed by atoms with E-state index >= 15 is 0 Å². The maximum Gasteiger partial charge on any atom is 0.264 e. The van der Waals surface area contributed by atoms with Crippen molar-refractivity contribution < 1.29 is 13.2 Å². The highest BCUT2D eigenvalue weighted by Crippen LogP contribution is 2.44. The first kappa shape index (κ1) is 19.0. The second kappa shape index (κ2) is 7.24. The number of carbonyl (C=O) groups excluding carboxylic acids is 1. The average Bonchev–Trinajstić information content (AvgIpc) is 3.31. The molecule has 5 nitrogen and oxygen atoms in total. The van der Waals surface area contributed by atoms with Crippen molar-refractivity contribution in [3.8, 4) is 0 Å². The molecular formula is C22H26N2O3S. The van der Waals surface area contributed by atoms with Gasteiger partial charge < -0.3 is 5.32 Å². The molecule has 0 saturated heterocycles. The zero-order valence-corrected chi connectivity index (χ0v) is 17.1. The SMILES string of the molecule is Cc1cc(C(=O)N[C@@H]2C[C@@H]3CC[C@@H]2C3)ccc1N(C)S(=O)(=O)c1ccccc1. The van der Waals surface area contributed by atoms with E-state index in [1.54, 1.807) is 55.6 Å². The molecule has 28 heavy (non-hydrogen) atoms. The van der Waals surface area contributed by atoms with E-state index in [1.807, 2.05) is 6.92 Å². The predicted octanol–water partition coefficient (Wildman–Crippen LogP) is 3.74. The minimum atomic E-state index is -3.64. The molecule has 2 aliphatic carbocycles. The molecule has 2 aromatic rings. The van der Waals surface area contributed by atoms with E-state index in [0.29, 0.717) is 17.2 Å². The van der Waals surface area contributed by atoms with Crippen molar-refractivity contribution in [2.24, 2.45) is 11.8 Å². The van der Waals surface area contributed by atoms with Gasteiger partial charge in [-0.15, -0.1) is 0 Å². The van der Waals surface area contributed by atoms with Gasteiger partial charge in [-0.05, 0) is 73.9 Å². The first-order valence-corrected chi connectivity index (χ1v) is 11.3. The van der Waals surface area contributed by atoms with Crippen molar-refractivity contribution >= 4 is 21.6 Å². The van der Waals surface area contributed by atoms with Crippen LogP contribution in [0.5, 0.6) is 0 Å². The van der Waals surface area contributed by atoms with E-state index in [-0.39, 0.29) is 16.8 Å². The number of nitrogens with zero attached hydrogens (tertiary/aromatic N) is 1. The quantitative estimate of drug-likeness (QED) is 0.834. The fourth-order valence-corrected chi connectivity index (χ4v) is 5.98. The number of benzene rings is 2. The summed E-state index contributed by atoms with van der Waals surface area (Å²) in [6.07, 6.45) is 4.85. The van der Waals surface area contributed by atoms with Crippen LogP contribution in [0, 0.1) is 18.8 Å². The van der Waals surface area contributed by atoms with Crippen LogP contribution in [-0.4, -0.2) is 27.4 Å². The molecule has 2 aliphatic rings. The summed E-state index contributed by atoms with van der Waals surface area (Å²) in [5.74, 6) is 1.33. The lowest BCUT2D eigenvalue weighted by molar-refractivity contribution is 0.0923. The molecule has 0 aromatic heterocycles. The summed E-state index contributed by atoms with van der Waals surface area (Å²) in [5.41, 5.74) is 1.90. The number of sulfonamides is 1. The van der Waals surface area contributed by atoms with E-state index in [9.17, 15) is 13.2 Å². The molecule has 1 N–H and O–H groups in total. The van der Waals surface area contributed by atoms with E-state index < -0.39 is 10.0 Å². The third-order valence-corrected chi connectivity index (χ3v) is 8.04. The topological polar surface area (TPSA) is 66.5 Å². The van der Waals surface area contributed by atoms with E-state index in [2.05, 4.69) is 5.32 Å². The summed E-state index contributed by atoms with van der Waals surface area (Å²) >= 11 is 0. The lowest BCUT2D eigenvalue weighted by Crippen LogP contribution is -2.38. The molecule has 2 saturated carbocycles. The van der Waals surface area contributed by atoms with Crippen LogP contribution in [0.3, 0.4) is 0 Å². The van der Waals surface area contributed by atoms with Crippen molar-refractivity contribution in [1.29, 1.82) is 0 Å². The first-order valence-electron chi connectivity index (χ1n) is 9.82. The summed E-state index contributed by atoms with van der Waals surface area (Å²) in [5, 5.41) is 3.19. The molecule has 2 fully saturated rings. The Morgan fingerprint density at radius 1 is 1.07 bits per heavy atom. The Morgan fingerprint density at radius 3 is 2.43 bits per heavy atom. The van der Waals surface area contributed by atoms with Crippen LogP contribution in [0.4, 0.5) is 5.69 Å². The number of hydrogen-bond acceptors (Lipinski definition) is 3. The summed E-state index contributed by atoms with van der Waals surface area (Å²) in [7, 11) is -2.10. The third kappa shape index (κ3) is 3.41. The fraction of sp³-hybridized carbons (Fsp3) is 0.409. The second-order valence-corrected chi connectivity index (χ2v) is 10.0. The molecule has 0 aliphatic heterocycles. The third-order valence-electron chi connectivity index (χ3n) is 6.25. The van der Waals surface area contributed by atoms with Gasteiger partial charge in [-0.25, -0.2) is 8.42 Å². The average molecular weight is 399 g/mol. The Kier molecular flexibility index (Phi) is 4.91. The number of aryl methyl sites for hydroxylation is 1. The van der Waals surface area contributed by atoms with Gasteiger partial charge in [-0.3, -0.25) is 9.10 Å². The smallest absolute Gasteiger partial charge is 0.264 e. The molecule has 0 spiro atoms. The Hall–Kier alpha value is -2.34. The molecule has 3 atom stereocenters. The maximum atomic E-state index is 12.9. The monoisotopic (exact) mass is 398 g/mol. The van der Waals surface area contributed by atoms with Crippen molar-refractivity contribution in [3.05, 3.63) is 59.7 Å². The normalized spacial score (nSPS) is 23.6. The standard InChI is InChI=1S/C22H26N2O3S/c1-15-12-18(22(25)23-20-14-16-8-9-17(20)13-16)10-11-21(15)24(2)28(26,27)19-6-4-3-5-7-19/h3-7,10-12,16-17,20H,8-9,13-14H2,1-2H3,(H,23,25)/t16-,17-,20-/m1/s1. The van der Waals surface area contributed by atoms with Gasteiger partial charge >= 0.3 is 0 Å². The van der Waals surface area contributed by atoms with Gasteiger partial charge in [0.1, 0.15) is 0 Å². The van der Waals surface area contributed by atoms with Gasteiger partial charge in [-0.2, -0.15) is 0 Å². The Labute approximate surface area is 166 Å². The van der Waals surface area contributed by atoms with Crippen LogP contribution in [0.25, 0.3) is 0 Å². The van der Waals surface area contributed by atoms with Crippen LogP contribution in [0.1, 0.15) is 41.6 Å². The lowest BCUT2D eigenvalue weighted by atomic mass is 9.95. The van der Waals surface area contributed by atoms with E-state index in [1.165, 1.54) is 23.6 Å². The molecule has 1 amide bonds. The summed E-state index contributed by atoms with van der Waals surface area (Å²) in [6.45, 7) is 1.83. The van der Waals surface area contributed by atoms with Gasteiger partial charge in [-0.1, -0.05) is 24.6 Å². The molecule has 4 rings (SSSR count). The number of carbonyl (C=O) groups is 1. The fourth-order valence-electron chi connectivity index (χ4n) is 4.70. The van der Waals surface area contributed by atoms with Gasteiger partial charge in [0.15, 0.2) is 0 Å². The zero-order valence-electron chi connectivity index (χ0n) is 16.3. The Balaban J connectivity index is 1.52. The van der Waals surface area contributed by atoms with Crippen LogP contribution in [0.2, 0.25) is 0 Å². The van der Waals surface area contributed by atoms with Gasteiger partial charge in [0.25, 0.3) is 15.9 Å². The zero-order chi connectivity index (χ0) is 19.9. The van der Waals surface area contributed by atoms with Crippen molar-refractivity contribution in [2.45, 2.75) is 43.5 Å². The number of rotatable bonds is 5. The van der Waals surface area contributed by atoms with Gasteiger partial charge in [0.05, 0.1) is 10.6 Å². The number of amides is 1. The van der Waals surface area contributed by atoms with Crippen molar-refractivity contribution in [2.75, 3.05) is 11.4 Å². The van der Waals surface area contributed by atoms with Crippen LogP contribution < -0.4 is 9.62 Å².